The molecule has 0 fully saturated rings. The van der Waals surface area contributed by atoms with Crippen LogP contribution in [0.3, 0.4) is 0 Å². The summed E-state index contributed by atoms with van der Waals surface area (Å²) in [4.78, 5) is 0. The Morgan fingerprint density at radius 1 is 1.08 bits per heavy atom. The van der Waals surface area contributed by atoms with E-state index in [1.54, 1.807) is 0 Å². The van der Waals surface area contributed by atoms with E-state index < -0.39 is 0 Å². The molecule has 0 nitrogen and oxygen atoms in total. The maximum absolute atomic E-state index is 4.03. The van der Waals surface area contributed by atoms with E-state index in [1.165, 1.54) is 16.7 Å². The lowest BCUT2D eigenvalue weighted by molar-refractivity contribution is 1.30. The molecule has 0 radical (unpaired) electrons. The first kappa shape index (κ1) is 12.0. The van der Waals surface area contributed by atoms with Crippen LogP contribution in [0.1, 0.15) is 34.6 Å². The zero-order valence-electron chi connectivity index (χ0n) is 9.44. The Kier molecular flexibility index (Phi) is 5.13. The molecule has 0 amide bonds. The normalized spacial score (nSPS) is 12.7. The minimum Gasteiger partial charge on any atom is -0.0915 e. The summed E-state index contributed by atoms with van der Waals surface area (Å²) < 4.78 is 0. The molecule has 0 N–H and O–H groups in total. The van der Waals surface area contributed by atoms with E-state index in [0.29, 0.717) is 0 Å². The molecule has 0 spiro atoms. The summed E-state index contributed by atoms with van der Waals surface area (Å²) in [5.41, 5.74) is 4.94. The fraction of sp³-hybridized carbons (Fsp3) is 0.385. The highest BCUT2D eigenvalue weighted by Gasteiger charge is 1.96. The third kappa shape index (κ3) is 4.51. The topological polar surface area (TPSA) is 0 Å². The van der Waals surface area contributed by atoms with Gasteiger partial charge in [-0.1, -0.05) is 30.4 Å². The van der Waals surface area contributed by atoms with Gasteiger partial charge in [0.25, 0.3) is 0 Å². The standard InChI is InChI=1S/C13H20/c1-7-8-11(4)13(6)12(5)9-10(2)3/h7-9H,5H2,1-4,6H3/b8-7-,13-11+. The second kappa shape index (κ2) is 5.58. The number of allylic oxidation sites excluding steroid dienone is 7. The molecule has 0 aliphatic carbocycles. The van der Waals surface area contributed by atoms with Gasteiger partial charge >= 0.3 is 0 Å². The lowest BCUT2D eigenvalue weighted by Gasteiger charge is -2.04. The van der Waals surface area contributed by atoms with E-state index in [9.17, 15) is 0 Å². The molecule has 0 heterocycles. The maximum atomic E-state index is 4.03. The van der Waals surface area contributed by atoms with E-state index in [4.69, 9.17) is 0 Å². The van der Waals surface area contributed by atoms with Crippen LogP contribution in [0.15, 0.2) is 47.1 Å². The summed E-state index contributed by atoms with van der Waals surface area (Å²) in [6.07, 6.45) is 6.27. The third-order valence-corrected chi connectivity index (χ3v) is 1.95. The molecule has 72 valence electrons. The second-order valence-corrected chi connectivity index (χ2v) is 3.55. The second-order valence-electron chi connectivity index (χ2n) is 3.55. The molecule has 0 aromatic rings. The molecule has 0 atom stereocenters. The van der Waals surface area contributed by atoms with Crippen molar-refractivity contribution in [1.82, 2.24) is 0 Å². The quantitative estimate of drug-likeness (QED) is 0.558. The van der Waals surface area contributed by atoms with Crippen LogP contribution in [0.5, 0.6) is 0 Å². The van der Waals surface area contributed by atoms with Crippen LogP contribution in [0, 0.1) is 0 Å². The van der Waals surface area contributed by atoms with Crippen molar-refractivity contribution in [2.45, 2.75) is 34.6 Å². The minimum absolute atomic E-state index is 1.11. The van der Waals surface area contributed by atoms with E-state index in [2.05, 4.69) is 52.5 Å². The Morgan fingerprint density at radius 3 is 2.00 bits per heavy atom. The molecule has 0 saturated carbocycles. The zero-order valence-corrected chi connectivity index (χ0v) is 9.44. The fourth-order valence-corrected chi connectivity index (χ4v) is 1.08. The molecular weight excluding hydrogens is 156 g/mol. The van der Waals surface area contributed by atoms with Crippen LogP contribution in [-0.2, 0) is 0 Å². The molecule has 0 heteroatoms. The Hall–Kier alpha value is -1.04. The van der Waals surface area contributed by atoms with Gasteiger partial charge in [-0.15, -0.1) is 0 Å². The lowest BCUT2D eigenvalue weighted by atomic mass is 10.0. The predicted molar refractivity (Wildman–Crippen MR) is 61.8 cm³/mol. The van der Waals surface area contributed by atoms with Gasteiger partial charge in [-0.3, -0.25) is 0 Å². The Balaban J connectivity index is 4.78. The van der Waals surface area contributed by atoms with Crippen LogP contribution in [-0.4, -0.2) is 0 Å². The van der Waals surface area contributed by atoms with E-state index in [0.717, 1.165) is 5.57 Å². The largest absolute Gasteiger partial charge is 0.0915 e. The van der Waals surface area contributed by atoms with Crippen molar-refractivity contribution in [3.05, 3.63) is 47.1 Å². The van der Waals surface area contributed by atoms with Crippen molar-refractivity contribution in [3.8, 4) is 0 Å². The van der Waals surface area contributed by atoms with Crippen molar-refractivity contribution < 1.29 is 0 Å². The third-order valence-electron chi connectivity index (χ3n) is 1.95. The van der Waals surface area contributed by atoms with Crippen molar-refractivity contribution in [3.63, 3.8) is 0 Å². The van der Waals surface area contributed by atoms with Gasteiger partial charge in [0.15, 0.2) is 0 Å². The van der Waals surface area contributed by atoms with Crippen LogP contribution in [0.4, 0.5) is 0 Å². The Bertz CT molecular complexity index is 268. The minimum atomic E-state index is 1.11. The SMILES string of the molecule is C=C(C=C(C)C)/C(C)=C(C)/C=C\C. The van der Waals surface area contributed by atoms with Gasteiger partial charge in [-0.25, -0.2) is 0 Å². The molecule has 0 saturated heterocycles. The fourth-order valence-electron chi connectivity index (χ4n) is 1.08. The smallest absolute Gasteiger partial charge is 0.0297 e. The van der Waals surface area contributed by atoms with Gasteiger partial charge in [0.05, 0.1) is 0 Å². The first-order valence-electron chi connectivity index (χ1n) is 4.63. The summed E-state index contributed by atoms with van der Waals surface area (Å²) in [6.45, 7) is 14.5. The molecular formula is C13H20. The monoisotopic (exact) mass is 176 g/mol. The molecule has 0 aromatic heterocycles. The predicted octanol–water partition coefficient (Wildman–Crippen LogP) is 4.42. The number of rotatable bonds is 3. The Morgan fingerprint density at radius 2 is 1.62 bits per heavy atom. The highest BCUT2D eigenvalue weighted by molar-refractivity contribution is 5.42. The molecule has 0 rings (SSSR count). The van der Waals surface area contributed by atoms with E-state index in [1.807, 2.05) is 6.92 Å². The first-order valence-corrected chi connectivity index (χ1v) is 4.63. The van der Waals surface area contributed by atoms with Crippen molar-refractivity contribution in [1.29, 1.82) is 0 Å². The average Bonchev–Trinajstić information content (AvgIpc) is 2.02. The van der Waals surface area contributed by atoms with Crippen molar-refractivity contribution in [2.75, 3.05) is 0 Å². The van der Waals surface area contributed by atoms with Gasteiger partial charge in [0.2, 0.25) is 0 Å². The summed E-state index contributed by atoms with van der Waals surface area (Å²) in [6, 6.07) is 0. The highest BCUT2D eigenvalue weighted by atomic mass is 14.0. The van der Waals surface area contributed by atoms with Gasteiger partial charge in [0, 0.05) is 0 Å². The van der Waals surface area contributed by atoms with Gasteiger partial charge in [-0.2, -0.15) is 0 Å². The molecule has 0 aliphatic rings. The summed E-state index contributed by atoms with van der Waals surface area (Å²) in [7, 11) is 0. The van der Waals surface area contributed by atoms with Gasteiger partial charge in [0.1, 0.15) is 0 Å². The Labute approximate surface area is 82.4 Å². The summed E-state index contributed by atoms with van der Waals surface area (Å²) in [5, 5.41) is 0. The molecule has 0 bridgehead atoms. The molecule has 0 aliphatic heterocycles. The average molecular weight is 176 g/mol. The van der Waals surface area contributed by atoms with Gasteiger partial charge in [-0.05, 0) is 51.3 Å². The molecule has 13 heavy (non-hydrogen) atoms. The summed E-state index contributed by atoms with van der Waals surface area (Å²) in [5.74, 6) is 0. The van der Waals surface area contributed by atoms with E-state index >= 15 is 0 Å². The highest BCUT2D eigenvalue weighted by Crippen LogP contribution is 2.15. The van der Waals surface area contributed by atoms with Crippen LogP contribution >= 0.6 is 0 Å². The zero-order chi connectivity index (χ0) is 10.4. The van der Waals surface area contributed by atoms with Crippen molar-refractivity contribution >= 4 is 0 Å². The maximum Gasteiger partial charge on any atom is -0.0297 e. The number of hydrogen-bond acceptors (Lipinski definition) is 0. The van der Waals surface area contributed by atoms with Crippen LogP contribution < -0.4 is 0 Å². The van der Waals surface area contributed by atoms with Crippen molar-refractivity contribution in [2.24, 2.45) is 0 Å². The van der Waals surface area contributed by atoms with Crippen LogP contribution in [0.25, 0.3) is 0 Å². The molecule has 0 unspecified atom stereocenters. The first-order chi connectivity index (χ1) is 5.99. The summed E-state index contributed by atoms with van der Waals surface area (Å²) >= 11 is 0. The lowest BCUT2D eigenvalue weighted by Crippen LogP contribution is -1.84. The van der Waals surface area contributed by atoms with Crippen LogP contribution in [0.2, 0.25) is 0 Å². The number of hydrogen-bond donors (Lipinski definition) is 0. The van der Waals surface area contributed by atoms with Gasteiger partial charge < -0.3 is 0 Å². The molecule has 0 aromatic carbocycles. The van der Waals surface area contributed by atoms with E-state index in [-0.39, 0.29) is 0 Å².